The number of thiocarbonyl (C=S) groups is 1. The Balaban J connectivity index is 2.26. The Bertz CT molecular complexity index is 454. The Kier molecular flexibility index (Phi) is 3.75. The Morgan fingerprint density at radius 3 is 2.79 bits per heavy atom. The lowest BCUT2D eigenvalue weighted by atomic mass is 9.98. The summed E-state index contributed by atoms with van der Waals surface area (Å²) in [5, 5.41) is 31.2. The molecule has 0 aliphatic carbocycles. The lowest BCUT2D eigenvalue weighted by Crippen LogP contribution is -2.54. The minimum Gasteiger partial charge on any atom is -0.392 e. The average molecular weight is 288 g/mol. The van der Waals surface area contributed by atoms with E-state index in [-0.39, 0.29) is 4.99 Å². The fourth-order valence-electron chi connectivity index (χ4n) is 1.99. The van der Waals surface area contributed by atoms with Crippen molar-refractivity contribution in [2.75, 3.05) is 6.61 Å². The molecule has 0 aromatic heterocycles. The summed E-state index contributed by atoms with van der Waals surface area (Å²) in [5.41, 5.74) is -1.82. The van der Waals surface area contributed by atoms with E-state index in [1.54, 1.807) is 0 Å². The van der Waals surface area contributed by atoms with Crippen LogP contribution in [0.2, 0.25) is 0 Å². The molecule has 4 N–H and O–H groups in total. The van der Waals surface area contributed by atoms with Gasteiger partial charge in [-0.05, 0) is 6.08 Å². The first kappa shape index (κ1) is 14.2. The summed E-state index contributed by atoms with van der Waals surface area (Å²) in [7, 11) is 0. The highest BCUT2D eigenvalue weighted by Crippen LogP contribution is 2.35. The van der Waals surface area contributed by atoms with Crippen molar-refractivity contribution in [3.05, 3.63) is 12.3 Å². The molecular weight excluding hydrogens is 275 g/mol. The maximum absolute atomic E-state index is 14.1. The number of aliphatic hydroxyl groups is 3. The second kappa shape index (κ2) is 5.03. The van der Waals surface area contributed by atoms with Gasteiger partial charge < -0.3 is 30.3 Å². The van der Waals surface area contributed by atoms with Crippen molar-refractivity contribution in [2.45, 2.75) is 30.5 Å². The van der Waals surface area contributed by atoms with Crippen LogP contribution in [0, 0.1) is 12.3 Å². The topological polar surface area (TPSA) is 85.2 Å². The van der Waals surface area contributed by atoms with Crippen LogP contribution < -0.4 is 5.32 Å². The normalized spacial score (nSPS) is 42.1. The van der Waals surface area contributed by atoms with E-state index in [0.717, 1.165) is 4.90 Å². The van der Waals surface area contributed by atoms with Crippen LogP contribution in [0.15, 0.2) is 12.3 Å². The second-order valence-electron chi connectivity index (χ2n) is 4.23. The molecule has 5 atom stereocenters. The zero-order chi connectivity index (χ0) is 14.2. The maximum atomic E-state index is 14.1. The van der Waals surface area contributed by atoms with Crippen LogP contribution in [-0.4, -0.2) is 62.3 Å². The summed E-state index contributed by atoms with van der Waals surface area (Å²) in [6.45, 7) is -0.735. The van der Waals surface area contributed by atoms with E-state index in [4.69, 9.17) is 23.4 Å². The van der Waals surface area contributed by atoms with Gasteiger partial charge in [-0.25, -0.2) is 4.39 Å². The van der Waals surface area contributed by atoms with Gasteiger partial charge in [-0.3, -0.25) is 0 Å². The smallest absolute Gasteiger partial charge is 0.207 e. The van der Waals surface area contributed by atoms with Crippen molar-refractivity contribution in [1.29, 1.82) is 0 Å². The molecule has 1 saturated heterocycles. The third kappa shape index (κ3) is 2.20. The van der Waals surface area contributed by atoms with Crippen LogP contribution in [0.4, 0.5) is 4.39 Å². The summed E-state index contributed by atoms with van der Waals surface area (Å²) < 4.78 is 19.3. The molecule has 0 amide bonds. The number of hydrogen-bond donors (Lipinski definition) is 4. The minimum absolute atomic E-state index is 0.281. The molecule has 2 aliphatic heterocycles. The highest BCUT2D eigenvalue weighted by molar-refractivity contribution is 7.80. The zero-order valence-corrected chi connectivity index (χ0v) is 10.5. The van der Waals surface area contributed by atoms with Gasteiger partial charge in [-0.1, -0.05) is 18.1 Å². The van der Waals surface area contributed by atoms with Crippen LogP contribution in [0.25, 0.3) is 0 Å². The van der Waals surface area contributed by atoms with Crippen molar-refractivity contribution in [2.24, 2.45) is 0 Å². The summed E-state index contributed by atoms with van der Waals surface area (Å²) >= 11 is 4.81. The monoisotopic (exact) mass is 288 g/mol. The molecule has 1 fully saturated rings. The van der Waals surface area contributed by atoms with Gasteiger partial charge in [0.1, 0.15) is 11.1 Å². The third-order valence-corrected chi connectivity index (χ3v) is 3.36. The van der Waals surface area contributed by atoms with Crippen molar-refractivity contribution < 1.29 is 24.4 Å². The van der Waals surface area contributed by atoms with Gasteiger partial charge in [0, 0.05) is 6.20 Å². The summed E-state index contributed by atoms with van der Waals surface area (Å²) in [5.74, 6) is 2.06. The number of nitrogens with one attached hydrogen (secondary N) is 1. The molecule has 19 heavy (non-hydrogen) atoms. The minimum atomic E-state index is -1.89. The number of halogens is 1. The predicted molar refractivity (Wildman–Crippen MR) is 67.1 cm³/mol. The molecule has 0 radical (unpaired) electrons. The number of nitrogens with zero attached hydrogens (tertiary/aromatic N) is 1. The first-order chi connectivity index (χ1) is 8.95. The fourth-order valence-corrected chi connectivity index (χ4v) is 2.16. The largest absolute Gasteiger partial charge is 0.392 e. The highest BCUT2D eigenvalue weighted by Gasteiger charge is 2.56. The number of alkyl halides is 1. The molecule has 2 aliphatic rings. The molecule has 8 heteroatoms. The zero-order valence-electron chi connectivity index (χ0n) is 9.73. The molecule has 0 spiro atoms. The van der Waals surface area contributed by atoms with Gasteiger partial charge in [-0.2, -0.15) is 0 Å². The Labute approximate surface area is 114 Å². The fraction of sp³-hybridized carbons (Fsp3) is 0.545. The first-order valence-electron chi connectivity index (χ1n) is 5.48. The van der Waals surface area contributed by atoms with Crippen LogP contribution in [0.1, 0.15) is 0 Å². The molecule has 0 aromatic rings. The maximum Gasteiger partial charge on any atom is 0.207 e. The van der Waals surface area contributed by atoms with Crippen LogP contribution in [0.3, 0.4) is 0 Å². The molecule has 0 aromatic carbocycles. The Morgan fingerprint density at radius 1 is 1.63 bits per heavy atom. The first-order valence-corrected chi connectivity index (χ1v) is 5.89. The van der Waals surface area contributed by atoms with Crippen molar-refractivity contribution >= 4 is 17.2 Å². The lowest BCUT2D eigenvalue weighted by molar-refractivity contribution is -0.147. The Hall–Kier alpha value is -1.24. The highest BCUT2D eigenvalue weighted by atomic mass is 32.1. The van der Waals surface area contributed by atoms with Gasteiger partial charge in [0.25, 0.3) is 0 Å². The van der Waals surface area contributed by atoms with E-state index in [0.29, 0.717) is 0 Å². The summed E-state index contributed by atoms with van der Waals surface area (Å²) in [6.07, 6.45) is 1.72. The van der Waals surface area contributed by atoms with E-state index < -0.39 is 37.1 Å². The molecule has 0 bridgehead atoms. The lowest BCUT2D eigenvalue weighted by Gasteiger charge is -2.35. The van der Waals surface area contributed by atoms with Gasteiger partial charge >= 0.3 is 0 Å². The standard InChI is InChI=1S/C11H13FN2O4S/c1-2-11(5-15)8(16)7(12)9(18-11)14-4-3-6(19)13-10(14)17/h1,3-4,7-10,15-17H,5H2,(H,13,19)/t7-,8+,9+,10?,11+/m0/s1. The molecule has 104 valence electrons. The number of hydrogen-bond acceptors (Lipinski definition) is 6. The predicted octanol–water partition coefficient (Wildman–Crippen LogP) is -1.57. The molecular formula is C11H13FN2O4S. The van der Waals surface area contributed by atoms with Crippen molar-refractivity contribution in [3.63, 3.8) is 0 Å². The van der Waals surface area contributed by atoms with Gasteiger partial charge in [0.05, 0.1) is 6.61 Å². The van der Waals surface area contributed by atoms with Gasteiger partial charge in [-0.15, -0.1) is 6.42 Å². The van der Waals surface area contributed by atoms with Crippen LogP contribution in [0.5, 0.6) is 0 Å². The van der Waals surface area contributed by atoms with Crippen molar-refractivity contribution in [3.8, 4) is 12.3 Å². The molecule has 6 nitrogen and oxygen atoms in total. The summed E-state index contributed by atoms with van der Waals surface area (Å²) in [4.78, 5) is 1.36. The van der Waals surface area contributed by atoms with E-state index in [9.17, 15) is 19.7 Å². The number of aliphatic hydroxyl groups excluding tert-OH is 3. The molecule has 1 unspecified atom stereocenters. The number of ether oxygens (including phenoxy) is 1. The Morgan fingerprint density at radius 2 is 2.32 bits per heavy atom. The van der Waals surface area contributed by atoms with Gasteiger partial charge in [0.2, 0.25) is 6.35 Å². The third-order valence-electron chi connectivity index (χ3n) is 3.11. The van der Waals surface area contributed by atoms with E-state index in [1.165, 1.54) is 12.3 Å². The van der Waals surface area contributed by atoms with Crippen LogP contribution >= 0.6 is 12.2 Å². The van der Waals surface area contributed by atoms with E-state index in [2.05, 4.69) is 11.2 Å². The number of rotatable bonds is 2. The molecule has 2 heterocycles. The molecule has 0 saturated carbocycles. The second-order valence-corrected chi connectivity index (χ2v) is 4.67. The molecule has 2 rings (SSSR count). The van der Waals surface area contributed by atoms with E-state index >= 15 is 0 Å². The van der Waals surface area contributed by atoms with Gasteiger partial charge in [0.15, 0.2) is 18.0 Å². The van der Waals surface area contributed by atoms with Crippen LogP contribution in [-0.2, 0) is 4.74 Å². The quantitative estimate of drug-likeness (QED) is 0.361. The van der Waals surface area contributed by atoms with E-state index in [1.807, 2.05) is 0 Å². The summed E-state index contributed by atoms with van der Waals surface area (Å²) in [6, 6.07) is 0. The average Bonchev–Trinajstić information content (AvgIpc) is 2.64. The SMILES string of the molecule is C#C[C@]1(CO)O[C@@H](N2C=CC(=S)NC2O)[C@@H](F)[C@H]1O. The number of terminal acetylenes is 1. The van der Waals surface area contributed by atoms with Crippen molar-refractivity contribution in [1.82, 2.24) is 10.2 Å².